The topological polar surface area (TPSA) is 66.4 Å². The van der Waals surface area contributed by atoms with Gasteiger partial charge >= 0.3 is 5.97 Å². The Hall–Kier alpha value is -1.84. The Morgan fingerprint density at radius 3 is 2.24 bits per heavy atom. The van der Waals surface area contributed by atoms with Crippen molar-refractivity contribution in [1.29, 1.82) is 0 Å². The van der Waals surface area contributed by atoms with Gasteiger partial charge in [-0.15, -0.1) is 0 Å². The van der Waals surface area contributed by atoms with Gasteiger partial charge in [-0.3, -0.25) is 4.79 Å². The molecule has 4 heteroatoms. The average molecular weight is 289 g/mol. The third-order valence-corrected chi connectivity index (χ3v) is 4.14. The molecule has 0 bridgehead atoms. The summed E-state index contributed by atoms with van der Waals surface area (Å²) in [6, 6.07) is 6.82. The number of hydrogen-bond acceptors (Lipinski definition) is 2. The predicted octanol–water partition coefficient (Wildman–Crippen LogP) is 3.01. The second-order valence-electron chi connectivity index (χ2n) is 5.73. The van der Waals surface area contributed by atoms with E-state index < -0.39 is 5.97 Å². The third-order valence-electron chi connectivity index (χ3n) is 4.14. The molecule has 2 N–H and O–H groups in total. The molecule has 1 aromatic rings. The number of carbonyl (C=O) groups is 2. The molecule has 1 aliphatic carbocycles. The summed E-state index contributed by atoms with van der Waals surface area (Å²) in [7, 11) is 0. The van der Waals surface area contributed by atoms with E-state index in [1.54, 1.807) is 24.3 Å². The molecule has 2 rings (SSSR count). The molecule has 1 aromatic carbocycles. The van der Waals surface area contributed by atoms with Crippen LogP contribution in [0, 0.1) is 5.92 Å². The van der Waals surface area contributed by atoms with Crippen LogP contribution in [0.25, 0.3) is 0 Å². The molecule has 0 radical (unpaired) electrons. The van der Waals surface area contributed by atoms with Gasteiger partial charge in [-0.1, -0.05) is 37.8 Å². The third kappa shape index (κ3) is 4.88. The minimum atomic E-state index is -0.914. The summed E-state index contributed by atoms with van der Waals surface area (Å²) in [6.45, 7) is 0.613. The Morgan fingerprint density at radius 1 is 1.05 bits per heavy atom. The molecule has 1 amide bonds. The van der Waals surface area contributed by atoms with Gasteiger partial charge in [0.25, 0.3) is 0 Å². The highest BCUT2D eigenvalue weighted by atomic mass is 16.4. The lowest BCUT2D eigenvalue weighted by molar-refractivity contribution is -0.125. The molecule has 0 aromatic heterocycles. The maximum absolute atomic E-state index is 12.1. The molecule has 21 heavy (non-hydrogen) atoms. The lowest BCUT2D eigenvalue weighted by atomic mass is 9.99. The summed E-state index contributed by atoms with van der Waals surface area (Å²) in [6.07, 6.45) is 7.58. The standard InChI is InChI=1S/C17H23NO3/c19-16(14-5-3-1-2-4-6-14)18-12-11-13-7-9-15(10-8-13)17(20)21/h7-10,14H,1-6,11-12H2,(H,18,19)(H,20,21). The zero-order chi connectivity index (χ0) is 15.1. The monoisotopic (exact) mass is 289 g/mol. The van der Waals surface area contributed by atoms with E-state index in [2.05, 4.69) is 5.32 Å². The minimum Gasteiger partial charge on any atom is -0.478 e. The van der Waals surface area contributed by atoms with E-state index in [4.69, 9.17) is 5.11 Å². The van der Waals surface area contributed by atoms with Crippen molar-refractivity contribution in [2.45, 2.75) is 44.9 Å². The van der Waals surface area contributed by atoms with E-state index >= 15 is 0 Å². The van der Waals surface area contributed by atoms with E-state index in [9.17, 15) is 9.59 Å². The molecule has 0 spiro atoms. The Morgan fingerprint density at radius 2 is 1.67 bits per heavy atom. The van der Waals surface area contributed by atoms with Crippen LogP contribution in [0.1, 0.15) is 54.4 Å². The van der Waals surface area contributed by atoms with Crippen molar-refractivity contribution in [2.24, 2.45) is 5.92 Å². The molecule has 0 atom stereocenters. The first-order valence-electron chi connectivity index (χ1n) is 7.77. The van der Waals surface area contributed by atoms with Gasteiger partial charge in [-0.25, -0.2) is 4.79 Å². The van der Waals surface area contributed by atoms with Crippen molar-refractivity contribution < 1.29 is 14.7 Å². The molecular weight excluding hydrogens is 266 g/mol. The zero-order valence-electron chi connectivity index (χ0n) is 12.3. The molecular formula is C17H23NO3. The van der Waals surface area contributed by atoms with Gasteiger partial charge in [0.15, 0.2) is 0 Å². The SMILES string of the molecule is O=C(O)c1ccc(CCNC(=O)C2CCCCCC2)cc1. The Bertz CT molecular complexity index is 473. The highest BCUT2D eigenvalue weighted by Gasteiger charge is 2.19. The number of nitrogens with one attached hydrogen (secondary N) is 1. The van der Waals surface area contributed by atoms with Gasteiger partial charge in [0, 0.05) is 12.5 Å². The first kappa shape index (κ1) is 15.5. The molecule has 1 aliphatic rings. The maximum Gasteiger partial charge on any atom is 0.335 e. The summed E-state index contributed by atoms with van der Waals surface area (Å²) in [5.41, 5.74) is 1.34. The quantitative estimate of drug-likeness (QED) is 0.819. The Balaban J connectivity index is 1.75. The molecule has 4 nitrogen and oxygen atoms in total. The highest BCUT2D eigenvalue weighted by molar-refractivity contribution is 5.87. The predicted molar refractivity (Wildman–Crippen MR) is 81.3 cm³/mol. The van der Waals surface area contributed by atoms with Crippen LogP contribution in [0.15, 0.2) is 24.3 Å². The van der Waals surface area contributed by atoms with Crippen LogP contribution < -0.4 is 5.32 Å². The molecule has 0 aliphatic heterocycles. The summed E-state index contributed by atoms with van der Waals surface area (Å²) < 4.78 is 0. The Kier molecular flexibility index (Phi) is 5.78. The van der Waals surface area contributed by atoms with Gasteiger partial charge in [0.2, 0.25) is 5.91 Å². The van der Waals surface area contributed by atoms with Crippen molar-refractivity contribution in [1.82, 2.24) is 5.32 Å². The normalized spacial score (nSPS) is 16.2. The van der Waals surface area contributed by atoms with E-state index in [1.165, 1.54) is 12.8 Å². The van der Waals surface area contributed by atoms with Crippen molar-refractivity contribution >= 4 is 11.9 Å². The summed E-state index contributed by atoms with van der Waals surface area (Å²) in [5.74, 6) is -0.552. The number of aromatic carboxylic acids is 1. The van der Waals surface area contributed by atoms with Gasteiger partial charge in [-0.05, 0) is 37.0 Å². The van der Waals surface area contributed by atoms with E-state index in [0.717, 1.165) is 37.7 Å². The number of amides is 1. The molecule has 0 unspecified atom stereocenters. The Labute approximate surface area is 125 Å². The highest BCUT2D eigenvalue weighted by Crippen LogP contribution is 2.22. The smallest absolute Gasteiger partial charge is 0.335 e. The zero-order valence-corrected chi connectivity index (χ0v) is 12.3. The maximum atomic E-state index is 12.1. The fourth-order valence-electron chi connectivity index (χ4n) is 2.83. The molecule has 1 saturated carbocycles. The van der Waals surface area contributed by atoms with Crippen LogP contribution in [0.2, 0.25) is 0 Å². The number of carboxylic acids is 1. The summed E-state index contributed by atoms with van der Waals surface area (Å²) in [5, 5.41) is 11.8. The second-order valence-corrected chi connectivity index (χ2v) is 5.73. The van der Waals surface area contributed by atoms with Gasteiger partial charge in [0.05, 0.1) is 5.56 Å². The van der Waals surface area contributed by atoms with Crippen LogP contribution in [-0.2, 0) is 11.2 Å². The molecule has 0 saturated heterocycles. The number of carbonyl (C=O) groups excluding carboxylic acids is 1. The lowest BCUT2D eigenvalue weighted by Gasteiger charge is -2.14. The first-order valence-corrected chi connectivity index (χ1v) is 7.77. The summed E-state index contributed by atoms with van der Waals surface area (Å²) >= 11 is 0. The largest absolute Gasteiger partial charge is 0.478 e. The molecule has 0 heterocycles. The number of benzene rings is 1. The number of rotatable bonds is 5. The van der Waals surface area contributed by atoms with E-state index in [1.807, 2.05) is 0 Å². The first-order chi connectivity index (χ1) is 10.2. The van der Waals surface area contributed by atoms with Crippen LogP contribution in [0.5, 0.6) is 0 Å². The van der Waals surface area contributed by atoms with Crippen LogP contribution in [-0.4, -0.2) is 23.5 Å². The minimum absolute atomic E-state index is 0.180. The van der Waals surface area contributed by atoms with Gasteiger partial charge in [0.1, 0.15) is 0 Å². The number of hydrogen-bond donors (Lipinski definition) is 2. The van der Waals surface area contributed by atoms with Crippen molar-refractivity contribution in [3.8, 4) is 0 Å². The van der Waals surface area contributed by atoms with Crippen molar-refractivity contribution in [3.05, 3.63) is 35.4 Å². The van der Waals surface area contributed by atoms with Gasteiger partial charge in [-0.2, -0.15) is 0 Å². The average Bonchev–Trinajstić information content (AvgIpc) is 2.77. The lowest BCUT2D eigenvalue weighted by Crippen LogP contribution is -2.32. The fraction of sp³-hybridized carbons (Fsp3) is 0.529. The van der Waals surface area contributed by atoms with Crippen molar-refractivity contribution in [2.75, 3.05) is 6.54 Å². The van der Waals surface area contributed by atoms with Gasteiger partial charge < -0.3 is 10.4 Å². The van der Waals surface area contributed by atoms with Crippen LogP contribution in [0.3, 0.4) is 0 Å². The fourth-order valence-corrected chi connectivity index (χ4v) is 2.83. The molecule has 1 fully saturated rings. The second kappa shape index (κ2) is 7.81. The van der Waals surface area contributed by atoms with Crippen LogP contribution in [0.4, 0.5) is 0 Å². The van der Waals surface area contributed by atoms with Crippen LogP contribution >= 0.6 is 0 Å². The van der Waals surface area contributed by atoms with E-state index in [-0.39, 0.29) is 11.8 Å². The molecule has 114 valence electrons. The van der Waals surface area contributed by atoms with E-state index in [0.29, 0.717) is 12.1 Å². The van der Waals surface area contributed by atoms with Crippen molar-refractivity contribution in [3.63, 3.8) is 0 Å². The summed E-state index contributed by atoms with van der Waals surface area (Å²) in [4.78, 5) is 22.9. The number of carboxylic acid groups (broad SMARTS) is 1.